The molecule has 0 amide bonds. The molecular weight excluding hydrogens is 399 g/mol. The number of carbonyl (C=O) groups excluding carboxylic acids is 1. The third-order valence-electron chi connectivity index (χ3n) is 5.92. The van der Waals surface area contributed by atoms with E-state index in [1.807, 2.05) is 41.3 Å². The van der Waals surface area contributed by atoms with Crippen LogP contribution in [0.15, 0.2) is 84.9 Å². The van der Waals surface area contributed by atoms with Crippen molar-refractivity contribution < 1.29 is 18.0 Å². The SMILES string of the molecule is [CH2][C@H]1C[C@H](C(=O)c2ccccc2)[C@H](c2ccccc2C(F)(F)F)N1Cc1ccccc1. The van der Waals surface area contributed by atoms with Gasteiger partial charge in [-0.05, 0) is 30.5 Å². The highest BCUT2D eigenvalue weighted by Gasteiger charge is 2.47. The van der Waals surface area contributed by atoms with Crippen LogP contribution < -0.4 is 0 Å². The standard InChI is InChI=1S/C26H23F3NO/c1-18-16-22(25(31)20-12-6-3-7-13-20)24(30(18)17-19-10-4-2-5-11-19)21-14-8-9-15-23(21)26(27,28)29/h2-15,18,22,24H,1,16-17H2/t18-,22-,24-/m0/s1. The molecule has 0 bridgehead atoms. The molecule has 0 aliphatic carbocycles. The van der Waals surface area contributed by atoms with Crippen molar-refractivity contribution in [1.29, 1.82) is 0 Å². The first-order chi connectivity index (χ1) is 14.9. The average Bonchev–Trinajstić information content (AvgIpc) is 3.10. The molecule has 0 aromatic heterocycles. The summed E-state index contributed by atoms with van der Waals surface area (Å²) in [5, 5.41) is 0. The average molecular weight is 422 g/mol. The third-order valence-corrected chi connectivity index (χ3v) is 5.92. The number of halogens is 3. The van der Waals surface area contributed by atoms with Gasteiger partial charge < -0.3 is 0 Å². The van der Waals surface area contributed by atoms with Crippen LogP contribution in [0.1, 0.15) is 39.5 Å². The van der Waals surface area contributed by atoms with Gasteiger partial charge in [0.15, 0.2) is 5.78 Å². The number of hydrogen-bond acceptors (Lipinski definition) is 2. The van der Waals surface area contributed by atoms with Gasteiger partial charge in [-0.25, -0.2) is 0 Å². The Balaban J connectivity index is 1.80. The summed E-state index contributed by atoms with van der Waals surface area (Å²) in [6, 6.07) is 22.9. The topological polar surface area (TPSA) is 20.3 Å². The van der Waals surface area contributed by atoms with Gasteiger partial charge in [-0.1, -0.05) is 78.9 Å². The zero-order chi connectivity index (χ0) is 22.0. The summed E-state index contributed by atoms with van der Waals surface area (Å²) in [6.07, 6.45) is -4.11. The molecule has 3 aromatic rings. The highest BCUT2D eigenvalue weighted by molar-refractivity contribution is 5.98. The zero-order valence-electron chi connectivity index (χ0n) is 16.9. The summed E-state index contributed by atoms with van der Waals surface area (Å²) in [7, 11) is 0. The lowest BCUT2D eigenvalue weighted by Crippen LogP contribution is -2.33. The molecule has 31 heavy (non-hydrogen) atoms. The maximum Gasteiger partial charge on any atom is 0.416 e. The minimum Gasteiger partial charge on any atom is -0.294 e. The van der Waals surface area contributed by atoms with Crippen LogP contribution in [0.3, 0.4) is 0 Å². The summed E-state index contributed by atoms with van der Waals surface area (Å²) in [5.41, 5.74) is 0.915. The number of benzene rings is 3. The Bertz CT molecular complexity index is 1030. The molecule has 3 aromatic carbocycles. The van der Waals surface area contributed by atoms with Crippen LogP contribution in [0, 0.1) is 12.8 Å². The number of alkyl halides is 3. The number of nitrogens with zero attached hydrogens (tertiary/aromatic N) is 1. The highest BCUT2D eigenvalue weighted by Crippen LogP contribution is 2.47. The molecule has 1 fully saturated rings. The first-order valence-corrected chi connectivity index (χ1v) is 10.2. The van der Waals surface area contributed by atoms with Crippen LogP contribution >= 0.6 is 0 Å². The summed E-state index contributed by atoms with van der Waals surface area (Å²) < 4.78 is 41.7. The molecule has 0 spiro atoms. The molecule has 1 radical (unpaired) electrons. The van der Waals surface area contributed by atoms with Gasteiger partial charge in [-0.15, -0.1) is 0 Å². The molecule has 0 unspecified atom stereocenters. The van der Waals surface area contributed by atoms with E-state index in [0.717, 1.165) is 11.6 Å². The van der Waals surface area contributed by atoms with E-state index < -0.39 is 23.7 Å². The van der Waals surface area contributed by atoms with Crippen molar-refractivity contribution in [2.75, 3.05) is 0 Å². The van der Waals surface area contributed by atoms with Gasteiger partial charge in [0, 0.05) is 30.1 Å². The van der Waals surface area contributed by atoms with Crippen molar-refractivity contribution in [1.82, 2.24) is 4.90 Å². The maximum atomic E-state index is 13.9. The Kier molecular flexibility index (Phi) is 5.96. The number of ketones is 1. The van der Waals surface area contributed by atoms with Gasteiger partial charge in [0.1, 0.15) is 0 Å². The van der Waals surface area contributed by atoms with Crippen LogP contribution in [0.2, 0.25) is 0 Å². The minimum atomic E-state index is -4.51. The van der Waals surface area contributed by atoms with Crippen LogP contribution in [-0.4, -0.2) is 16.7 Å². The van der Waals surface area contributed by atoms with Crippen molar-refractivity contribution in [2.24, 2.45) is 5.92 Å². The Morgan fingerprint density at radius 2 is 1.48 bits per heavy atom. The number of Topliss-reactive ketones (excluding diaryl/α,β-unsaturated/α-hetero) is 1. The zero-order valence-corrected chi connectivity index (χ0v) is 16.9. The van der Waals surface area contributed by atoms with E-state index in [0.29, 0.717) is 18.5 Å². The number of likely N-dealkylation sites (tertiary alicyclic amines) is 1. The third kappa shape index (κ3) is 4.42. The van der Waals surface area contributed by atoms with E-state index in [4.69, 9.17) is 0 Å². The molecule has 1 aliphatic rings. The maximum absolute atomic E-state index is 13.9. The second-order valence-corrected chi connectivity index (χ2v) is 7.91. The second-order valence-electron chi connectivity index (χ2n) is 7.91. The fraction of sp³-hybridized carbons (Fsp3) is 0.231. The molecular formula is C26H23F3NO. The second kappa shape index (κ2) is 8.67. The van der Waals surface area contributed by atoms with E-state index in [-0.39, 0.29) is 17.4 Å². The lowest BCUT2D eigenvalue weighted by molar-refractivity contribution is -0.138. The highest BCUT2D eigenvalue weighted by atomic mass is 19.4. The Hall–Kier alpha value is -2.92. The molecule has 0 N–H and O–H groups in total. The molecule has 1 saturated heterocycles. The van der Waals surface area contributed by atoms with Gasteiger partial charge in [-0.2, -0.15) is 13.2 Å². The number of rotatable bonds is 5. The van der Waals surface area contributed by atoms with Crippen molar-refractivity contribution in [3.63, 3.8) is 0 Å². The van der Waals surface area contributed by atoms with Crippen molar-refractivity contribution >= 4 is 5.78 Å². The van der Waals surface area contributed by atoms with E-state index in [2.05, 4.69) is 6.92 Å². The Labute approximate surface area is 180 Å². The van der Waals surface area contributed by atoms with E-state index in [1.165, 1.54) is 12.1 Å². The molecule has 1 aliphatic heterocycles. The molecule has 5 heteroatoms. The summed E-state index contributed by atoms with van der Waals surface area (Å²) >= 11 is 0. The normalized spacial score (nSPS) is 21.9. The predicted octanol–water partition coefficient (Wildman–Crippen LogP) is 6.35. The van der Waals surface area contributed by atoms with Crippen LogP contribution in [0.25, 0.3) is 0 Å². The lowest BCUT2D eigenvalue weighted by Gasteiger charge is -2.32. The lowest BCUT2D eigenvalue weighted by atomic mass is 9.84. The first-order valence-electron chi connectivity index (χ1n) is 10.2. The minimum absolute atomic E-state index is 0.131. The molecule has 0 saturated carbocycles. The summed E-state index contributed by atoms with van der Waals surface area (Å²) in [5.74, 6) is -0.760. The fourth-order valence-electron chi connectivity index (χ4n) is 4.51. The fourth-order valence-corrected chi connectivity index (χ4v) is 4.51. The van der Waals surface area contributed by atoms with Gasteiger partial charge in [0.25, 0.3) is 0 Å². The van der Waals surface area contributed by atoms with Gasteiger partial charge in [0.05, 0.1) is 5.56 Å². The molecule has 3 atom stereocenters. The monoisotopic (exact) mass is 422 g/mol. The molecule has 4 rings (SSSR count). The Morgan fingerprint density at radius 3 is 2.13 bits per heavy atom. The van der Waals surface area contributed by atoms with Crippen LogP contribution in [0.5, 0.6) is 0 Å². The molecule has 159 valence electrons. The van der Waals surface area contributed by atoms with E-state index >= 15 is 0 Å². The molecule has 1 heterocycles. The van der Waals surface area contributed by atoms with Gasteiger partial charge in [0.2, 0.25) is 0 Å². The van der Waals surface area contributed by atoms with Crippen molar-refractivity contribution in [3.8, 4) is 0 Å². The first kappa shape index (κ1) is 21.3. The van der Waals surface area contributed by atoms with Crippen molar-refractivity contribution in [2.45, 2.75) is 31.2 Å². The smallest absolute Gasteiger partial charge is 0.294 e. The largest absolute Gasteiger partial charge is 0.416 e. The number of hydrogen-bond donors (Lipinski definition) is 0. The van der Waals surface area contributed by atoms with Crippen LogP contribution in [0.4, 0.5) is 13.2 Å². The van der Waals surface area contributed by atoms with Gasteiger partial charge >= 0.3 is 6.18 Å². The summed E-state index contributed by atoms with van der Waals surface area (Å²) in [4.78, 5) is 15.3. The van der Waals surface area contributed by atoms with Gasteiger partial charge in [-0.3, -0.25) is 9.69 Å². The molecule has 2 nitrogen and oxygen atoms in total. The van der Waals surface area contributed by atoms with E-state index in [9.17, 15) is 18.0 Å². The predicted molar refractivity (Wildman–Crippen MR) is 114 cm³/mol. The number of carbonyl (C=O) groups is 1. The van der Waals surface area contributed by atoms with E-state index in [1.54, 1.807) is 30.3 Å². The summed E-state index contributed by atoms with van der Waals surface area (Å²) in [6.45, 7) is 4.62. The Morgan fingerprint density at radius 1 is 0.903 bits per heavy atom. The van der Waals surface area contributed by atoms with Crippen molar-refractivity contribution in [3.05, 3.63) is 114 Å². The quantitative estimate of drug-likeness (QED) is 0.446. The van der Waals surface area contributed by atoms with Crippen LogP contribution in [-0.2, 0) is 12.7 Å².